The molecule has 0 radical (unpaired) electrons. The number of amides is 2. The van der Waals surface area contributed by atoms with Gasteiger partial charge in [-0.25, -0.2) is 0 Å². The molecule has 9 heteroatoms. The zero-order valence-electron chi connectivity index (χ0n) is 15.3. The van der Waals surface area contributed by atoms with Gasteiger partial charge in [0.1, 0.15) is 10.8 Å². The van der Waals surface area contributed by atoms with Crippen LogP contribution >= 0.6 is 23.1 Å². The predicted molar refractivity (Wildman–Crippen MR) is 111 cm³/mol. The fourth-order valence-electron chi connectivity index (χ4n) is 2.24. The lowest BCUT2D eigenvalue weighted by atomic mass is 10.2. The zero-order chi connectivity index (χ0) is 19.9. The summed E-state index contributed by atoms with van der Waals surface area (Å²) in [5, 5.41) is 14.4. The van der Waals surface area contributed by atoms with Crippen LogP contribution in [0.5, 0.6) is 5.75 Å². The summed E-state index contributed by atoms with van der Waals surface area (Å²) in [7, 11) is 1.59. The monoisotopic (exact) mass is 414 g/mol. The molecular formula is C19H18N4O3S2. The molecule has 0 saturated carbocycles. The molecule has 3 aromatic rings. The van der Waals surface area contributed by atoms with E-state index in [1.807, 2.05) is 6.92 Å². The highest BCUT2D eigenvalue weighted by Gasteiger charge is 2.09. The quantitative estimate of drug-likeness (QED) is 0.571. The molecule has 0 saturated heterocycles. The van der Waals surface area contributed by atoms with Crippen molar-refractivity contribution in [3.63, 3.8) is 0 Å². The molecule has 3 rings (SSSR count). The molecule has 2 aromatic carbocycles. The minimum Gasteiger partial charge on any atom is -0.497 e. The Balaban J connectivity index is 1.51. The van der Waals surface area contributed by atoms with E-state index in [1.165, 1.54) is 23.1 Å². The summed E-state index contributed by atoms with van der Waals surface area (Å²) in [6, 6.07) is 13.8. The largest absolute Gasteiger partial charge is 0.497 e. The number of nitrogens with zero attached hydrogens (tertiary/aromatic N) is 2. The van der Waals surface area contributed by atoms with Gasteiger partial charge in [-0.15, -0.1) is 10.2 Å². The molecule has 28 heavy (non-hydrogen) atoms. The van der Waals surface area contributed by atoms with Gasteiger partial charge in [0.2, 0.25) is 5.91 Å². The molecule has 0 spiro atoms. The highest BCUT2D eigenvalue weighted by atomic mass is 32.2. The minimum absolute atomic E-state index is 0.145. The molecule has 0 aliphatic carbocycles. The van der Waals surface area contributed by atoms with Crippen LogP contribution in [0.15, 0.2) is 52.9 Å². The number of hydrogen-bond acceptors (Lipinski definition) is 7. The second-order valence-electron chi connectivity index (χ2n) is 5.68. The topological polar surface area (TPSA) is 93.2 Å². The summed E-state index contributed by atoms with van der Waals surface area (Å²) >= 11 is 2.79. The van der Waals surface area contributed by atoms with Crippen molar-refractivity contribution in [2.45, 2.75) is 11.3 Å². The minimum atomic E-state index is -0.231. The fourth-order valence-corrected chi connectivity index (χ4v) is 3.86. The summed E-state index contributed by atoms with van der Waals surface area (Å²) in [5.41, 5.74) is 1.79. The first-order valence-corrected chi connectivity index (χ1v) is 10.1. The Hall–Kier alpha value is -2.91. The van der Waals surface area contributed by atoms with Crippen LogP contribution in [0.2, 0.25) is 0 Å². The van der Waals surface area contributed by atoms with Gasteiger partial charge in [0, 0.05) is 16.9 Å². The van der Waals surface area contributed by atoms with Gasteiger partial charge in [-0.3, -0.25) is 9.59 Å². The average molecular weight is 415 g/mol. The molecule has 0 atom stereocenters. The molecule has 0 aliphatic heterocycles. The number of hydrogen-bond donors (Lipinski definition) is 2. The molecule has 2 amide bonds. The van der Waals surface area contributed by atoms with Gasteiger partial charge in [-0.05, 0) is 55.5 Å². The van der Waals surface area contributed by atoms with E-state index in [2.05, 4.69) is 20.8 Å². The number of thioether (sulfide) groups is 1. The Kier molecular flexibility index (Phi) is 6.62. The third-order valence-electron chi connectivity index (χ3n) is 3.61. The number of ether oxygens (including phenoxy) is 1. The smallest absolute Gasteiger partial charge is 0.255 e. The standard InChI is InChI=1S/C19H18N4O3S2/c1-12-22-23-19(28-12)27-11-17(24)20-14-5-3-13(4-6-14)18(25)21-15-7-9-16(26-2)10-8-15/h3-10H,11H2,1-2H3,(H,20,24)(H,21,25). The first-order chi connectivity index (χ1) is 13.5. The highest BCUT2D eigenvalue weighted by Crippen LogP contribution is 2.22. The van der Waals surface area contributed by atoms with Gasteiger partial charge in [0.25, 0.3) is 5.91 Å². The van der Waals surface area contributed by atoms with Gasteiger partial charge in [0.05, 0.1) is 12.9 Å². The first kappa shape index (κ1) is 19.8. The van der Waals surface area contributed by atoms with Crippen molar-refractivity contribution >= 4 is 46.3 Å². The van der Waals surface area contributed by atoms with Crippen LogP contribution < -0.4 is 15.4 Å². The normalized spacial score (nSPS) is 10.4. The van der Waals surface area contributed by atoms with Crippen molar-refractivity contribution in [3.05, 3.63) is 59.1 Å². The van der Waals surface area contributed by atoms with Crippen LogP contribution in [0.1, 0.15) is 15.4 Å². The van der Waals surface area contributed by atoms with E-state index in [9.17, 15) is 9.59 Å². The van der Waals surface area contributed by atoms with Gasteiger partial charge >= 0.3 is 0 Å². The molecule has 0 unspecified atom stereocenters. The van der Waals surface area contributed by atoms with Gasteiger partial charge in [0.15, 0.2) is 4.34 Å². The van der Waals surface area contributed by atoms with Crippen molar-refractivity contribution in [1.29, 1.82) is 0 Å². The SMILES string of the molecule is COc1ccc(NC(=O)c2ccc(NC(=O)CSc3nnc(C)s3)cc2)cc1. The van der Waals surface area contributed by atoms with Crippen molar-refractivity contribution in [2.75, 3.05) is 23.5 Å². The summed E-state index contributed by atoms with van der Waals surface area (Å²) in [5.74, 6) is 0.588. The van der Waals surface area contributed by atoms with E-state index in [-0.39, 0.29) is 17.6 Å². The molecule has 144 valence electrons. The Bertz CT molecular complexity index is 956. The number of nitrogens with one attached hydrogen (secondary N) is 2. The molecule has 1 aromatic heterocycles. The van der Waals surface area contributed by atoms with Crippen molar-refractivity contribution in [1.82, 2.24) is 10.2 Å². The molecular weight excluding hydrogens is 396 g/mol. The highest BCUT2D eigenvalue weighted by molar-refractivity contribution is 8.01. The Morgan fingerprint density at radius 3 is 2.25 bits per heavy atom. The number of methoxy groups -OCH3 is 1. The van der Waals surface area contributed by atoms with Crippen molar-refractivity contribution in [3.8, 4) is 5.75 Å². The fraction of sp³-hybridized carbons (Fsp3) is 0.158. The molecule has 2 N–H and O–H groups in total. The van der Waals surface area contributed by atoms with Crippen LogP contribution in [0, 0.1) is 6.92 Å². The molecule has 0 fully saturated rings. The van der Waals surface area contributed by atoms with Crippen LogP contribution in [-0.2, 0) is 4.79 Å². The van der Waals surface area contributed by atoms with Crippen molar-refractivity contribution < 1.29 is 14.3 Å². The van der Waals surface area contributed by atoms with E-state index in [1.54, 1.807) is 55.6 Å². The predicted octanol–water partition coefficient (Wildman–Crippen LogP) is 3.84. The number of aromatic nitrogens is 2. The lowest BCUT2D eigenvalue weighted by molar-refractivity contribution is -0.113. The maximum Gasteiger partial charge on any atom is 0.255 e. The molecule has 0 bridgehead atoms. The van der Waals surface area contributed by atoms with Crippen LogP contribution in [0.3, 0.4) is 0 Å². The number of benzene rings is 2. The zero-order valence-corrected chi connectivity index (χ0v) is 16.9. The molecule has 1 heterocycles. The maximum atomic E-state index is 12.3. The van der Waals surface area contributed by atoms with Gasteiger partial charge in [-0.2, -0.15) is 0 Å². The summed E-state index contributed by atoms with van der Waals surface area (Å²) in [4.78, 5) is 24.4. The lowest BCUT2D eigenvalue weighted by Gasteiger charge is -2.08. The van der Waals surface area contributed by atoms with E-state index >= 15 is 0 Å². The Morgan fingerprint density at radius 1 is 1.00 bits per heavy atom. The second kappa shape index (κ2) is 9.34. The number of aryl methyl sites for hydroxylation is 1. The number of carbonyl (C=O) groups excluding carboxylic acids is 2. The van der Waals surface area contributed by atoms with E-state index in [0.29, 0.717) is 16.9 Å². The van der Waals surface area contributed by atoms with E-state index in [4.69, 9.17) is 4.74 Å². The number of anilines is 2. The maximum absolute atomic E-state index is 12.3. The Morgan fingerprint density at radius 2 is 1.64 bits per heavy atom. The van der Waals surface area contributed by atoms with E-state index < -0.39 is 0 Å². The third kappa shape index (κ3) is 5.54. The van der Waals surface area contributed by atoms with E-state index in [0.717, 1.165) is 15.1 Å². The summed E-state index contributed by atoms with van der Waals surface area (Å²) < 4.78 is 5.85. The number of carbonyl (C=O) groups is 2. The first-order valence-electron chi connectivity index (χ1n) is 8.32. The Labute approximate surface area is 170 Å². The summed E-state index contributed by atoms with van der Waals surface area (Å²) in [6.07, 6.45) is 0. The van der Waals surface area contributed by atoms with Crippen molar-refractivity contribution in [2.24, 2.45) is 0 Å². The van der Waals surface area contributed by atoms with Crippen LogP contribution in [0.25, 0.3) is 0 Å². The number of rotatable bonds is 7. The van der Waals surface area contributed by atoms with Gasteiger partial charge in [-0.1, -0.05) is 23.1 Å². The second-order valence-corrected chi connectivity index (χ2v) is 8.09. The van der Waals surface area contributed by atoms with Gasteiger partial charge < -0.3 is 15.4 Å². The molecule has 0 aliphatic rings. The third-order valence-corrected chi connectivity index (χ3v) is 5.58. The van der Waals surface area contributed by atoms with Crippen LogP contribution in [0.4, 0.5) is 11.4 Å². The molecule has 7 nitrogen and oxygen atoms in total. The van der Waals surface area contributed by atoms with Crippen LogP contribution in [-0.4, -0.2) is 34.9 Å². The average Bonchev–Trinajstić information content (AvgIpc) is 3.13. The summed E-state index contributed by atoms with van der Waals surface area (Å²) in [6.45, 7) is 1.87. The lowest BCUT2D eigenvalue weighted by Crippen LogP contribution is -2.15.